The molecule has 4 nitrogen and oxygen atoms in total. The Morgan fingerprint density at radius 2 is 2.17 bits per heavy atom. The monoisotopic (exact) mass is 251 g/mol. The van der Waals surface area contributed by atoms with Crippen molar-refractivity contribution in [2.75, 3.05) is 30.3 Å². The van der Waals surface area contributed by atoms with Crippen molar-refractivity contribution in [3.05, 3.63) is 17.9 Å². The molecule has 2 N–H and O–H groups in total. The van der Waals surface area contributed by atoms with Crippen LogP contribution in [0.5, 0.6) is 5.75 Å². The van der Waals surface area contributed by atoms with Crippen LogP contribution in [-0.2, 0) is 0 Å². The van der Waals surface area contributed by atoms with E-state index in [0.717, 1.165) is 0 Å². The second-order valence-electron chi connectivity index (χ2n) is 3.76. The highest BCUT2D eigenvalue weighted by Gasteiger charge is 2.13. The maximum atomic E-state index is 13.6. The van der Waals surface area contributed by atoms with Gasteiger partial charge in [0.1, 0.15) is 0 Å². The number of ether oxygens (including phenoxy) is 1. The quantitative estimate of drug-likeness (QED) is 0.789. The summed E-state index contributed by atoms with van der Waals surface area (Å²) in [6, 6.07) is 4.94. The van der Waals surface area contributed by atoms with Crippen LogP contribution in [0.15, 0.2) is 12.1 Å². The minimum Gasteiger partial charge on any atom is -0.491 e. The van der Waals surface area contributed by atoms with Crippen LogP contribution in [0, 0.1) is 17.1 Å². The first-order valence-electron chi connectivity index (χ1n) is 5.97. The van der Waals surface area contributed by atoms with E-state index in [2.05, 4.69) is 6.07 Å². The first kappa shape index (κ1) is 14.1. The standard InChI is InChI=1S/C13H18FN3O/c1-3-17(7-5-6-15)12-9-13(18-4-2)10(14)8-11(12)16/h8-9H,3-5,7,16H2,1-2H3. The van der Waals surface area contributed by atoms with Gasteiger partial charge in [-0.2, -0.15) is 5.26 Å². The largest absolute Gasteiger partial charge is 0.491 e. The minimum absolute atomic E-state index is 0.192. The van der Waals surface area contributed by atoms with Gasteiger partial charge in [0, 0.05) is 25.2 Å². The molecule has 0 radical (unpaired) electrons. The van der Waals surface area contributed by atoms with Crippen molar-refractivity contribution in [1.29, 1.82) is 5.26 Å². The SMILES string of the molecule is CCOc1cc(N(CC)CCC#N)c(N)cc1F. The molecule has 0 saturated heterocycles. The van der Waals surface area contributed by atoms with Crippen LogP contribution in [0.4, 0.5) is 15.8 Å². The van der Waals surface area contributed by atoms with Crippen molar-refractivity contribution < 1.29 is 9.13 Å². The highest BCUT2D eigenvalue weighted by Crippen LogP contribution is 2.31. The molecule has 0 bridgehead atoms. The zero-order chi connectivity index (χ0) is 13.5. The lowest BCUT2D eigenvalue weighted by Gasteiger charge is -2.24. The Bertz CT molecular complexity index is 443. The van der Waals surface area contributed by atoms with Gasteiger partial charge >= 0.3 is 0 Å². The van der Waals surface area contributed by atoms with Crippen LogP contribution >= 0.6 is 0 Å². The third kappa shape index (κ3) is 3.27. The smallest absolute Gasteiger partial charge is 0.167 e. The lowest BCUT2D eigenvalue weighted by atomic mass is 10.2. The second-order valence-corrected chi connectivity index (χ2v) is 3.76. The van der Waals surface area contributed by atoms with Gasteiger partial charge < -0.3 is 15.4 Å². The van der Waals surface area contributed by atoms with E-state index < -0.39 is 5.82 Å². The highest BCUT2D eigenvalue weighted by atomic mass is 19.1. The zero-order valence-corrected chi connectivity index (χ0v) is 10.7. The van der Waals surface area contributed by atoms with Crippen LogP contribution in [0.2, 0.25) is 0 Å². The Kier molecular flexibility index (Phi) is 5.25. The number of nitrogens with two attached hydrogens (primary N) is 1. The lowest BCUT2D eigenvalue weighted by molar-refractivity contribution is 0.321. The molecule has 0 spiro atoms. The summed E-state index contributed by atoms with van der Waals surface area (Å²) in [5, 5.41) is 8.62. The van der Waals surface area contributed by atoms with E-state index in [4.69, 9.17) is 15.7 Å². The number of benzene rings is 1. The molecule has 98 valence electrons. The predicted molar refractivity (Wildman–Crippen MR) is 70.1 cm³/mol. The molecule has 0 unspecified atom stereocenters. The van der Waals surface area contributed by atoms with Crippen LogP contribution in [0.3, 0.4) is 0 Å². The highest BCUT2D eigenvalue weighted by molar-refractivity contribution is 5.70. The Morgan fingerprint density at radius 1 is 1.44 bits per heavy atom. The van der Waals surface area contributed by atoms with Crippen molar-refractivity contribution in [3.63, 3.8) is 0 Å². The minimum atomic E-state index is -0.463. The number of rotatable bonds is 6. The maximum absolute atomic E-state index is 13.6. The molecule has 1 aromatic rings. The Morgan fingerprint density at radius 3 is 2.72 bits per heavy atom. The molecule has 0 aliphatic rings. The van der Waals surface area contributed by atoms with Crippen molar-refractivity contribution in [2.24, 2.45) is 0 Å². The Hall–Kier alpha value is -1.96. The van der Waals surface area contributed by atoms with Crippen LogP contribution in [0.25, 0.3) is 0 Å². The molecular formula is C13H18FN3O. The first-order chi connectivity index (χ1) is 8.63. The molecule has 0 aliphatic carbocycles. The van der Waals surface area contributed by atoms with Crippen LogP contribution < -0.4 is 15.4 Å². The molecule has 0 amide bonds. The van der Waals surface area contributed by atoms with E-state index in [-0.39, 0.29) is 5.75 Å². The molecule has 0 saturated carbocycles. The summed E-state index contributed by atoms with van der Waals surface area (Å²) in [5.41, 5.74) is 6.88. The summed E-state index contributed by atoms with van der Waals surface area (Å²) in [4.78, 5) is 1.93. The fourth-order valence-electron chi connectivity index (χ4n) is 1.73. The van der Waals surface area contributed by atoms with Gasteiger partial charge in [0.25, 0.3) is 0 Å². The molecule has 0 heterocycles. The number of nitrogen functional groups attached to an aromatic ring is 1. The number of anilines is 2. The number of nitriles is 1. The van der Waals surface area contributed by atoms with Crippen molar-refractivity contribution in [1.82, 2.24) is 0 Å². The summed E-state index contributed by atoms with van der Waals surface area (Å²) < 4.78 is 18.8. The summed E-state index contributed by atoms with van der Waals surface area (Å²) in [6.07, 6.45) is 0.397. The first-order valence-corrected chi connectivity index (χ1v) is 5.97. The van der Waals surface area contributed by atoms with E-state index >= 15 is 0 Å². The van der Waals surface area contributed by atoms with Crippen LogP contribution in [0.1, 0.15) is 20.3 Å². The lowest BCUT2D eigenvalue weighted by Crippen LogP contribution is -2.24. The van der Waals surface area contributed by atoms with E-state index in [0.29, 0.717) is 37.5 Å². The van der Waals surface area contributed by atoms with E-state index in [9.17, 15) is 4.39 Å². The average Bonchev–Trinajstić information content (AvgIpc) is 2.35. The van der Waals surface area contributed by atoms with Gasteiger partial charge in [-0.3, -0.25) is 0 Å². The number of hydrogen-bond donors (Lipinski definition) is 1. The van der Waals surface area contributed by atoms with E-state index in [1.54, 1.807) is 13.0 Å². The van der Waals surface area contributed by atoms with Gasteiger partial charge in [-0.1, -0.05) is 0 Å². The molecule has 5 heteroatoms. The number of hydrogen-bond acceptors (Lipinski definition) is 4. The van der Waals surface area contributed by atoms with Gasteiger partial charge in [0.15, 0.2) is 11.6 Å². The van der Waals surface area contributed by atoms with Gasteiger partial charge in [-0.15, -0.1) is 0 Å². The Labute approximate surface area is 107 Å². The third-order valence-corrected chi connectivity index (χ3v) is 2.60. The summed E-state index contributed by atoms with van der Waals surface area (Å²) in [5.74, 6) is -0.272. The number of nitrogens with zero attached hydrogens (tertiary/aromatic N) is 2. The third-order valence-electron chi connectivity index (χ3n) is 2.60. The topological polar surface area (TPSA) is 62.3 Å². The molecule has 0 atom stereocenters. The zero-order valence-electron chi connectivity index (χ0n) is 10.7. The van der Waals surface area contributed by atoms with Gasteiger partial charge in [-0.05, 0) is 13.8 Å². The summed E-state index contributed by atoms with van der Waals surface area (Å²) in [6.45, 7) is 5.41. The molecule has 1 aromatic carbocycles. The fourth-order valence-corrected chi connectivity index (χ4v) is 1.73. The Balaban J connectivity index is 3.05. The predicted octanol–water partition coefficient (Wildman–Crippen LogP) is 2.55. The van der Waals surface area contributed by atoms with Crippen LogP contribution in [-0.4, -0.2) is 19.7 Å². The molecule has 18 heavy (non-hydrogen) atoms. The van der Waals surface area contributed by atoms with Gasteiger partial charge in [0.2, 0.25) is 0 Å². The molecule has 0 aliphatic heterocycles. The van der Waals surface area contributed by atoms with Crippen molar-refractivity contribution in [3.8, 4) is 11.8 Å². The van der Waals surface area contributed by atoms with Crippen molar-refractivity contribution >= 4 is 11.4 Å². The molecule has 0 aromatic heterocycles. The normalized spacial score (nSPS) is 9.89. The number of halogens is 1. The summed E-state index contributed by atoms with van der Waals surface area (Å²) in [7, 11) is 0. The summed E-state index contributed by atoms with van der Waals surface area (Å²) >= 11 is 0. The molecule has 1 rings (SSSR count). The van der Waals surface area contributed by atoms with Crippen molar-refractivity contribution in [2.45, 2.75) is 20.3 Å². The average molecular weight is 251 g/mol. The second kappa shape index (κ2) is 6.70. The fraction of sp³-hybridized carbons (Fsp3) is 0.462. The van der Waals surface area contributed by atoms with Gasteiger partial charge in [-0.25, -0.2) is 4.39 Å². The molecule has 0 fully saturated rings. The van der Waals surface area contributed by atoms with E-state index in [1.807, 2.05) is 11.8 Å². The van der Waals surface area contributed by atoms with Gasteiger partial charge in [0.05, 0.1) is 30.5 Å². The maximum Gasteiger partial charge on any atom is 0.167 e. The molecular weight excluding hydrogens is 233 g/mol. The van der Waals surface area contributed by atoms with E-state index in [1.165, 1.54) is 6.07 Å².